The summed E-state index contributed by atoms with van der Waals surface area (Å²) >= 11 is 0. The lowest BCUT2D eigenvalue weighted by Crippen LogP contribution is -2.56. The summed E-state index contributed by atoms with van der Waals surface area (Å²) in [4.78, 5) is 19.1. The summed E-state index contributed by atoms with van der Waals surface area (Å²) in [6, 6.07) is 11.6. The van der Waals surface area contributed by atoms with Gasteiger partial charge in [0.25, 0.3) is 0 Å². The van der Waals surface area contributed by atoms with Crippen LogP contribution in [-0.4, -0.2) is 73.2 Å². The molecule has 148 valence electrons. The van der Waals surface area contributed by atoms with E-state index in [9.17, 15) is 4.79 Å². The van der Waals surface area contributed by atoms with Gasteiger partial charge in [-0.3, -0.25) is 4.90 Å². The number of ether oxygens (including phenoxy) is 1. The van der Waals surface area contributed by atoms with Crippen LogP contribution >= 0.6 is 0 Å². The lowest BCUT2D eigenvalue weighted by atomic mass is 9.83. The Morgan fingerprint density at radius 1 is 1.22 bits per heavy atom. The molecule has 1 amide bonds. The largest absolute Gasteiger partial charge is 0.445 e. The van der Waals surface area contributed by atoms with E-state index in [0.717, 1.165) is 26.2 Å². The highest BCUT2D eigenvalue weighted by molar-refractivity contribution is 5.67. The first-order valence-electron chi connectivity index (χ1n) is 10.1. The molecule has 2 aliphatic heterocycles. The van der Waals surface area contributed by atoms with Gasteiger partial charge in [0.1, 0.15) is 6.61 Å². The van der Waals surface area contributed by atoms with E-state index in [4.69, 9.17) is 4.74 Å². The molecule has 2 heterocycles. The minimum Gasteiger partial charge on any atom is -0.445 e. The van der Waals surface area contributed by atoms with Crippen molar-refractivity contribution in [1.82, 2.24) is 14.7 Å². The first-order valence-corrected chi connectivity index (χ1v) is 10.1. The molecular formula is C22H33N3O2. The van der Waals surface area contributed by atoms with Crippen LogP contribution in [0.3, 0.4) is 0 Å². The van der Waals surface area contributed by atoms with Crippen molar-refractivity contribution in [3.05, 3.63) is 48.6 Å². The number of benzene rings is 1. The smallest absolute Gasteiger partial charge is 0.410 e. The second-order valence-electron chi connectivity index (χ2n) is 7.89. The first kappa shape index (κ1) is 19.9. The van der Waals surface area contributed by atoms with Crippen molar-refractivity contribution in [3.63, 3.8) is 0 Å². The van der Waals surface area contributed by atoms with Crippen LogP contribution in [0, 0.1) is 5.92 Å². The van der Waals surface area contributed by atoms with Gasteiger partial charge < -0.3 is 14.5 Å². The molecule has 0 radical (unpaired) electrons. The molecule has 2 atom stereocenters. The third kappa shape index (κ3) is 4.90. The van der Waals surface area contributed by atoms with Crippen molar-refractivity contribution >= 4 is 6.09 Å². The molecule has 1 aromatic rings. The Kier molecular flexibility index (Phi) is 6.91. The Morgan fingerprint density at radius 3 is 2.56 bits per heavy atom. The predicted molar refractivity (Wildman–Crippen MR) is 109 cm³/mol. The molecule has 2 saturated heterocycles. The Labute approximate surface area is 163 Å². The fraction of sp³-hybridized carbons (Fsp3) is 0.591. The van der Waals surface area contributed by atoms with Crippen LogP contribution in [0.25, 0.3) is 0 Å². The highest BCUT2D eigenvalue weighted by Crippen LogP contribution is 2.37. The molecule has 0 N–H and O–H groups in total. The van der Waals surface area contributed by atoms with Gasteiger partial charge in [0, 0.05) is 31.7 Å². The number of carbonyl (C=O) groups excluding carboxylic acids is 1. The number of hydrogen-bond acceptors (Lipinski definition) is 4. The fourth-order valence-electron chi connectivity index (χ4n) is 4.50. The van der Waals surface area contributed by atoms with Crippen molar-refractivity contribution in [2.75, 3.05) is 46.4 Å². The lowest BCUT2D eigenvalue weighted by Gasteiger charge is -2.47. The van der Waals surface area contributed by atoms with Gasteiger partial charge in [0.05, 0.1) is 0 Å². The maximum atomic E-state index is 12.2. The number of nitrogens with zero attached hydrogens (tertiary/aromatic N) is 3. The lowest BCUT2D eigenvalue weighted by molar-refractivity contribution is 0.00998. The molecule has 1 aromatic carbocycles. The van der Waals surface area contributed by atoms with Gasteiger partial charge >= 0.3 is 6.09 Å². The summed E-state index contributed by atoms with van der Waals surface area (Å²) in [5, 5.41) is 0. The Balaban J connectivity index is 1.73. The van der Waals surface area contributed by atoms with Crippen molar-refractivity contribution in [2.24, 2.45) is 5.92 Å². The van der Waals surface area contributed by atoms with E-state index >= 15 is 0 Å². The van der Waals surface area contributed by atoms with Gasteiger partial charge in [0.15, 0.2) is 0 Å². The maximum Gasteiger partial charge on any atom is 0.410 e. The summed E-state index contributed by atoms with van der Waals surface area (Å²) in [5.74, 6) is 0.658. The van der Waals surface area contributed by atoms with Crippen LogP contribution in [0.2, 0.25) is 0 Å². The van der Waals surface area contributed by atoms with E-state index in [2.05, 4.69) is 60.7 Å². The summed E-state index contributed by atoms with van der Waals surface area (Å²) in [5.41, 5.74) is 1.40. The van der Waals surface area contributed by atoms with Crippen LogP contribution in [0.15, 0.2) is 43.0 Å². The SMILES string of the molecule is C=CCOC(=O)N1CCN(C(c2ccccc2)C2CCN(C)CC2)C(C)C1. The van der Waals surface area contributed by atoms with Gasteiger partial charge in [-0.15, -0.1) is 0 Å². The van der Waals surface area contributed by atoms with E-state index in [1.807, 2.05) is 4.90 Å². The number of likely N-dealkylation sites (tertiary alicyclic amines) is 1. The summed E-state index contributed by atoms with van der Waals surface area (Å²) in [6.45, 7) is 10.8. The van der Waals surface area contributed by atoms with Crippen LogP contribution in [0.4, 0.5) is 4.79 Å². The number of piperazine rings is 1. The minimum absolute atomic E-state index is 0.225. The topological polar surface area (TPSA) is 36.0 Å². The van der Waals surface area contributed by atoms with Crippen molar-refractivity contribution in [1.29, 1.82) is 0 Å². The molecule has 5 heteroatoms. The molecule has 2 unspecified atom stereocenters. The van der Waals surface area contributed by atoms with Gasteiger partial charge in [-0.25, -0.2) is 4.79 Å². The fourth-order valence-corrected chi connectivity index (χ4v) is 4.50. The number of hydrogen-bond donors (Lipinski definition) is 0. The average Bonchev–Trinajstić information content (AvgIpc) is 2.69. The minimum atomic E-state index is -0.225. The zero-order valence-electron chi connectivity index (χ0n) is 16.7. The quantitative estimate of drug-likeness (QED) is 0.744. The van der Waals surface area contributed by atoms with Crippen molar-refractivity contribution < 1.29 is 9.53 Å². The van der Waals surface area contributed by atoms with Crippen LogP contribution < -0.4 is 0 Å². The number of amides is 1. The molecule has 0 aromatic heterocycles. The molecule has 0 saturated carbocycles. The normalized spacial score (nSPS) is 23.8. The second kappa shape index (κ2) is 9.38. The average molecular weight is 372 g/mol. The highest BCUT2D eigenvalue weighted by Gasteiger charge is 2.37. The molecular weight excluding hydrogens is 338 g/mol. The van der Waals surface area contributed by atoms with Gasteiger partial charge in [-0.1, -0.05) is 43.0 Å². The first-order chi connectivity index (χ1) is 13.1. The van der Waals surface area contributed by atoms with E-state index in [1.165, 1.54) is 18.4 Å². The Hall–Kier alpha value is -1.85. The molecule has 27 heavy (non-hydrogen) atoms. The summed E-state index contributed by atoms with van der Waals surface area (Å²) < 4.78 is 5.23. The highest BCUT2D eigenvalue weighted by atomic mass is 16.6. The van der Waals surface area contributed by atoms with Gasteiger partial charge in [-0.2, -0.15) is 0 Å². The molecule has 0 aliphatic carbocycles. The van der Waals surface area contributed by atoms with Crippen molar-refractivity contribution in [3.8, 4) is 0 Å². The monoisotopic (exact) mass is 371 g/mol. The number of carbonyl (C=O) groups is 1. The van der Waals surface area contributed by atoms with Gasteiger partial charge in [-0.05, 0) is 51.4 Å². The number of rotatable bonds is 5. The van der Waals surface area contributed by atoms with Crippen LogP contribution in [-0.2, 0) is 4.74 Å². The van der Waals surface area contributed by atoms with E-state index < -0.39 is 0 Å². The molecule has 2 fully saturated rings. The Bertz CT molecular complexity index is 613. The second-order valence-corrected chi connectivity index (χ2v) is 7.89. The summed E-state index contributed by atoms with van der Waals surface area (Å²) in [7, 11) is 2.21. The maximum absolute atomic E-state index is 12.2. The van der Waals surface area contributed by atoms with E-state index in [1.54, 1.807) is 6.08 Å². The molecule has 3 rings (SSSR count). The predicted octanol–water partition coefficient (Wildman–Crippen LogP) is 3.40. The molecule has 0 bridgehead atoms. The zero-order chi connectivity index (χ0) is 19.2. The molecule has 0 spiro atoms. The van der Waals surface area contributed by atoms with Crippen LogP contribution in [0.1, 0.15) is 31.4 Å². The van der Waals surface area contributed by atoms with Crippen LogP contribution in [0.5, 0.6) is 0 Å². The standard InChI is InChI=1S/C22H33N3O2/c1-4-16-27-22(26)24-14-15-25(18(2)17-24)21(19-8-6-5-7-9-19)20-10-12-23(3)13-11-20/h4-9,18,20-21H,1,10-17H2,2-3H3. The molecule has 2 aliphatic rings. The Morgan fingerprint density at radius 2 is 1.93 bits per heavy atom. The van der Waals surface area contributed by atoms with E-state index in [-0.39, 0.29) is 12.7 Å². The summed E-state index contributed by atoms with van der Waals surface area (Å²) in [6.07, 6.45) is 3.84. The van der Waals surface area contributed by atoms with E-state index in [0.29, 0.717) is 24.5 Å². The zero-order valence-corrected chi connectivity index (χ0v) is 16.7. The van der Waals surface area contributed by atoms with Crippen molar-refractivity contribution in [2.45, 2.75) is 31.8 Å². The molecule has 5 nitrogen and oxygen atoms in total. The third-order valence-electron chi connectivity index (χ3n) is 5.97. The third-order valence-corrected chi connectivity index (χ3v) is 5.97. The van der Waals surface area contributed by atoms with Gasteiger partial charge in [0.2, 0.25) is 0 Å². The number of piperidine rings is 1.